The fourth-order valence-corrected chi connectivity index (χ4v) is 1.15. The number of rotatable bonds is 8. The maximum Gasteiger partial charge on any atom is 0.317 e. The molecular formula is C9H20N2O6Se. The zero-order valence-corrected chi connectivity index (χ0v) is 11.8. The topological polar surface area (TPSA) is 144 Å². The van der Waals surface area contributed by atoms with E-state index in [9.17, 15) is 9.59 Å². The predicted molar refractivity (Wildman–Crippen MR) is 65.8 cm³/mol. The normalized spacial score (nSPS) is 11.6. The Kier molecular flexibility index (Phi) is 13.9. The third-order valence-electron chi connectivity index (χ3n) is 1.71. The number of aliphatic hydroxyl groups is 2. The van der Waals surface area contributed by atoms with Crippen molar-refractivity contribution in [2.24, 2.45) is 5.73 Å². The van der Waals surface area contributed by atoms with Crippen LogP contribution in [-0.2, 0) is 9.59 Å². The molecule has 0 heterocycles. The number of hydrogen-bond donors (Lipinski definition) is 5. The first kappa shape index (κ1) is 19.6. The average Bonchev–Trinajstić information content (AvgIpc) is 2.28. The van der Waals surface area contributed by atoms with Crippen LogP contribution in [0.2, 0.25) is 5.32 Å². The van der Waals surface area contributed by atoms with E-state index in [2.05, 4.69) is 16.0 Å². The molecule has 1 unspecified atom stereocenters. The van der Waals surface area contributed by atoms with Crippen molar-refractivity contribution in [2.45, 2.75) is 11.4 Å². The molecule has 18 heavy (non-hydrogen) atoms. The van der Waals surface area contributed by atoms with Crippen LogP contribution in [-0.4, -0.2) is 92.2 Å². The van der Waals surface area contributed by atoms with Gasteiger partial charge in [0.2, 0.25) is 0 Å². The van der Waals surface area contributed by atoms with Gasteiger partial charge in [-0.15, -0.1) is 0 Å². The van der Waals surface area contributed by atoms with Gasteiger partial charge in [-0.25, -0.2) is 0 Å². The van der Waals surface area contributed by atoms with Gasteiger partial charge < -0.3 is 15.3 Å². The summed E-state index contributed by atoms with van der Waals surface area (Å²) in [6, 6.07) is -0.708. The van der Waals surface area contributed by atoms with Crippen LogP contribution in [0.3, 0.4) is 0 Å². The van der Waals surface area contributed by atoms with Crippen LogP contribution >= 0.6 is 0 Å². The molecule has 8 nitrogen and oxygen atoms in total. The number of nitrogens with two attached hydrogens (primary N) is 1. The van der Waals surface area contributed by atoms with Gasteiger partial charge in [-0.3, -0.25) is 9.69 Å². The van der Waals surface area contributed by atoms with Gasteiger partial charge >= 0.3 is 54.9 Å². The third-order valence-corrected chi connectivity index (χ3v) is 2.53. The van der Waals surface area contributed by atoms with Crippen molar-refractivity contribution in [2.75, 3.05) is 32.8 Å². The first-order chi connectivity index (χ1) is 8.38. The molecule has 0 radical (unpaired) electrons. The minimum atomic E-state index is -0.952. The van der Waals surface area contributed by atoms with Crippen molar-refractivity contribution in [1.82, 2.24) is 4.90 Å². The van der Waals surface area contributed by atoms with E-state index in [4.69, 9.17) is 26.2 Å². The van der Waals surface area contributed by atoms with Gasteiger partial charge in [-0.2, -0.15) is 0 Å². The summed E-state index contributed by atoms with van der Waals surface area (Å²) in [5.74, 6) is -1.90. The minimum absolute atomic E-state index is 0.0900. The molecule has 0 amide bonds. The Morgan fingerprint density at radius 2 is 1.61 bits per heavy atom. The van der Waals surface area contributed by atoms with Gasteiger partial charge in [0.15, 0.2) is 0 Å². The van der Waals surface area contributed by atoms with E-state index >= 15 is 0 Å². The fraction of sp³-hybridized carbons (Fsp3) is 0.778. The Balaban J connectivity index is 0. The van der Waals surface area contributed by atoms with Crippen LogP contribution in [0, 0.1) is 0 Å². The molecule has 0 saturated carbocycles. The largest absolute Gasteiger partial charge is 0.480 e. The van der Waals surface area contributed by atoms with Crippen LogP contribution in [0.4, 0.5) is 0 Å². The first-order valence-corrected chi connectivity index (χ1v) is 6.46. The van der Waals surface area contributed by atoms with Gasteiger partial charge in [0.05, 0.1) is 19.8 Å². The van der Waals surface area contributed by atoms with E-state index in [1.54, 1.807) is 0 Å². The summed E-state index contributed by atoms with van der Waals surface area (Å²) in [5, 5.41) is 33.7. The van der Waals surface area contributed by atoms with Gasteiger partial charge in [-0.1, -0.05) is 0 Å². The Morgan fingerprint density at radius 3 is 1.78 bits per heavy atom. The van der Waals surface area contributed by atoms with Crippen molar-refractivity contribution in [1.29, 1.82) is 0 Å². The summed E-state index contributed by atoms with van der Waals surface area (Å²) in [6.45, 7) is 0.251. The number of hydrogen-bond acceptors (Lipinski definition) is 6. The number of carboxylic acid groups (broad SMARTS) is 2. The Bertz CT molecular complexity index is 235. The van der Waals surface area contributed by atoms with Gasteiger partial charge in [0.25, 0.3) is 0 Å². The SMILES string of the molecule is NC(C[SeH])C(=O)O.O=C(O)CN(CCO)CCO. The van der Waals surface area contributed by atoms with E-state index in [0.29, 0.717) is 5.32 Å². The smallest absolute Gasteiger partial charge is 0.317 e. The van der Waals surface area contributed by atoms with Crippen molar-refractivity contribution in [3.05, 3.63) is 0 Å². The maximum atomic E-state index is 10.2. The van der Waals surface area contributed by atoms with Crippen molar-refractivity contribution in [3.8, 4) is 0 Å². The molecule has 0 fully saturated rings. The Morgan fingerprint density at radius 1 is 1.17 bits per heavy atom. The molecule has 0 aliphatic carbocycles. The summed E-state index contributed by atoms with van der Waals surface area (Å²) in [7, 11) is 0. The summed E-state index contributed by atoms with van der Waals surface area (Å²) < 4.78 is 0. The summed E-state index contributed by atoms with van der Waals surface area (Å²) in [6.07, 6.45) is 0. The van der Waals surface area contributed by atoms with Crippen LogP contribution in [0.15, 0.2) is 0 Å². The molecule has 6 N–H and O–H groups in total. The molecule has 0 aromatic heterocycles. The summed E-state index contributed by atoms with van der Waals surface area (Å²) in [5.41, 5.74) is 5.00. The molecule has 0 aromatic rings. The zero-order chi connectivity index (χ0) is 14.6. The van der Waals surface area contributed by atoms with Crippen molar-refractivity contribution >= 4 is 28.0 Å². The second-order valence-corrected chi connectivity index (χ2v) is 4.01. The van der Waals surface area contributed by atoms with Gasteiger partial charge in [-0.05, 0) is 0 Å². The molecule has 9 heteroatoms. The van der Waals surface area contributed by atoms with Crippen LogP contribution in [0.5, 0.6) is 0 Å². The Labute approximate surface area is 113 Å². The van der Waals surface area contributed by atoms with Crippen LogP contribution < -0.4 is 5.73 Å². The molecule has 0 bridgehead atoms. The Hall–Kier alpha value is -0.701. The molecule has 0 aromatic carbocycles. The van der Waals surface area contributed by atoms with E-state index in [0.717, 1.165) is 0 Å². The van der Waals surface area contributed by atoms with E-state index in [-0.39, 0.29) is 32.8 Å². The number of carbonyl (C=O) groups is 2. The van der Waals surface area contributed by atoms with Crippen molar-refractivity contribution < 1.29 is 30.0 Å². The van der Waals surface area contributed by atoms with E-state index in [1.807, 2.05) is 0 Å². The molecule has 0 rings (SSSR count). The molecule has 0 aliphatic heterocycles. The molecule has 0 spiro atoms. The summed E-state index contributed by atoms with van der Waals surface area (Å²) >= 11 is 2.13. The third kappa shape index (κ3) is 13.4. The number of nitrogens with zero attached hydrogens (tertiary/aromatic N) is 1. The molecule has 0 aliphatic rings. The monoisotopic (exact) mass is 332 g/mol. The first-order valence-electron chi connectivity index (χ1n) is 5.14. The fourth-order valence-electron chi connectivity index (χ4n) is 0.822. The second kappa shape index (κ2) is 12.7. The van der Waals surface area contributed by atoms with Crippen LogP contribution in [0.1, 0.15) is 0 Å². The molecule has 108 valence electrons. The van der Waals surface area contributed by atoms with Crippen LogP contribution in [0.25, 0.3) is 0 Å². The maximum absolute atomic E-state index is 10.2. The van der Waals surface area contributed by atoms with E-state index in [1.165, 1.54) is 4.90 Å². The number of aliphatic hydroxyl groups excluding tert-OH is 2. The molecule has 1 atom stereocenters. The van der Waals surface area contributed by atoms with Gasteiger partial charge in [0, 0.05) is 13.1 Å². The molecule has 0 saturated heterocycles. The number of aliphatic carboxylic acids is 2. The summed E-state index contributed by atoms with van der Waals surface area (Å²) in [4.78, 5) is 21.4. The van der Waals surface area contributed by atoms with Crippen molar-refractivity contribution in [3.63, 3.8) is 0 Å². The second-order valence-electron chi connectivity index (χ2n) is 3.24. The minimum Gasteiger partial charge on any atom is -0.480 e. The quantitative estimate of drug-likeness (QED) is 0.297. The van der Waals surface area contributed by atoms with E-state index < -0.39 is 18.0 Å². The standard InChI is InChI=1S/C6H13NO4.C3H7NO2Se/c8-3-1-7(2-4-9)5-6(10)11;4-2(1-7)3(5)6/h8-9H,1-5H2,(H,10,11);2,7H,1,4H2,(H,5,6). The zero-order valence-electron chi connectivity index (χ0n) is 9.90. The molecular weight excluding hydrogens is 311 g/mol. The predicted octanol–water partition coefficient (Wildman–Crippen LogP) is -2.92. The number of carboxylic acids is 2. The van der Waals surface area contributed by atoms with Gasteiger partial charge in [0.1, 0.15) is 0 Å². The average molecular weight is 331 g/mol.